The molecule has 0 aromatic carbocycles. The first-order chi connectivity index (χ1) is 8.19. The Morgan fingerprint density at radius 2 is 2.41 bits per heavy atom. The van der Waals surface area contributed by atoms with Gasteiger partial charge in [0.05, 0.1) is 12.5 Å². The average molecular weight is 243 g/mol. The molecule has 1 fully saturated rings. The minimum atomic E-state index is 0.106. The Kier molecular flexibility index (Phi) is 6.47. The van der Waals surface area contributed by atoms with Gasteiger partial charge in [-0.2, -0.15) is 0 Å². The van der Waals surface area contributed by atoms with Crippen LogP contribution in [0.4, 0.5) is 0 Å². The van der Waals surface area contributed by atoms with E-state index in [9.17, 15) is 4.79 Å². The maximum absolute atomic E-state index is 11.9. The SMILES string of the molecule is COCC(C)N1CCCC(C(=O)NCCN)C1. The van der Waals surface area contributed by atoms with E-state index in [1.54, 1.807) is 7.11 Å². The van der Waals surface area contributed by atoms with Crippen molar-refractivity contribution in [2.45, 2.75) is 25.8 Å². The number of carbonyl (C=O) groups is 1. The molecule has 100 valence electrons. The fourth-order valence-electron chi connectivity index (χ4n) is 2.31. The minimum absolute atomic E-state index is 0.106. The van der Waals surface area contributed by atoms with Crippen molar-refractivity contribution in [3.05, 3.63) is 0 Å². The van der Waals surface area contributed by atoms with E-state index in [-0.39, 0.29) is 11.8 Å². The van der Waals surface area contributed by atoms with Crippen molar-refractivity contribution in [3.63, 3.8) is 0 Å². The van der Waals surface area contributed by atoms with E-state index in [0.717, 1.165) is 32.5 Å². The Hall–Kier alpha value is -0.650. The second-order valence-corrected chi connectivity index (χ2v) is 4.72. The Balaban J connectivity index is 2.40. The van der Waals surface area contributed by atoms with Crippen molar-refractivity contribution < 1.29 is 9.53 Å². The predicted octanol–water partition coefficient (Wildman–Crippen LogP) is -0.192. The maximum atomic E-state index is 11.9. The fraction of sp³-hybridized carbons (Fsp3) is 0.917. The van der Waals surface area contributed by atoms with Crippen LogP contribution in [-0.4, -0.2) is 56.7 Å². The highest BCUT2D eigenvalue weighted by Crippen LogP contribution is 2.18. The summed E-state index contributed by atoms with van der Waals surface area (Å²) in [5.41, 5.74) is 5.38. The third-order valence-electron chi connectivity index (χ3n) is 3.30. The Morgan fingerprint density at radius 1 is 1.65 bits per heavy atom. The van der Waals surface area contributed by atoms with Crippen LogP contribution in [-0.2, 0) is 9.53 Å². The lowest BCUT2D eigenvalue weighted by Gasteiger charge is -2.35. The van der Waals surface area contributed by atoms with Crippen LogP contribution in [0.2, 0.25) is 0 Å². The summed E-state index contributed by atoms with van der Waals surface area (Å²) in [6.45, 7) is 5.83. The van der Waals surface area contributed by atoms with Crippen LogP contribution in [0.25, 0.3) is 0 Å². The van der Waals surface area contributed by atoms with Gasteiger partial charge in [0.15, 0.2) is 0 Å². The molecular weight excluding hydrogens is 218 g/mol. The third-order valence-corrected chi connectivity index (χ3v) is 3.30. The van der Waals surface area contributed by atoms with Crippen LogP contribution < -0.4 is 11.1 Å². The lowest BCUT2D eigenvalue weighted by Crippen LogP contribution is -2.48. The number of nitrogens with one attached hydrogen (secondary N) is 1. The number of piperidine rings is 1. The molecule has 0 aliphatic carbocycles. The molecule has 1 aliphatic rings. The Morgan fingerprint density at radius 3 is 3.06 bits per heavy atom. The van der Waals surface area contributed by atoms with Gasteiger partial charge in [0, 0.05) is 32.8 Å². The lowest BCUT2D eigenvalue weighted by molar-refractivity contribution is -0.127. The monoisotopic (exact) mass is 243 g/mol. The molecule has 1 heterocycles. The molecule has 2 atom stereocenters. The molecule has 1 aliphatic heterocycles. The number of likely N-dealkylation sites (tertiary alicyclic amines) is 1. The molecule has 5 heteroatoms. The normalized spacial score (nSPS) is 23.4. The van der Waals surface area contributed by atoms with Crippen LogP contribution in [0.15, 0.2) is 0 Å². The Bertz CT molecular complexity index is 236. The molecule has 1 saturated heterocycles. The summed E-state index contributed by atoms with van der Waals surface area (Å²) in [6, 6.07) is 0.380. The van der Waals surface area contributed by atoms with E-state index in [1.807, 2.05) is 0 Å². The summed E-state index contributed by atoms with van der Waals surface area (Å²) >= 11 is 0. The summed E-state index contributed by atoms with van der Waals surface area (Å²) in [5.74, 6) is 0.249. The summed E-state index contributed by atoms with van der Waals surface area (Å²) in [7, 11) is 1.71. The molecule has 0 aromatic rings. The van der Waals surface area contributed by atoms with E-state index in [1.165, 1.54) is 0 Å². The van der Waals surface area contributed by atoms with Crippen molar-refractivity contribution >= 4 is 5.91 Å². The third kappa shape index (κ3) is 4.61. The van der Waals surface area contributed by atoms with E-state index in [0.29, 0.717) is 19.1 Å². The zero-order valence-electron chi connectivity index (χ0n) is 10.9. The molecule has 2 unspecified atom stereocenters. The highest BCUT2D eigenvalue weighted by molar-refractivity contribution is 5.78. The summed E-state index contributed by atoms with van der Waals surface area (Å²) in [5, 5.41) is 2.87. The van der Waals surface area contributed by atoms with Crippen molar-refractivity contribution in [1.82, 2.24) is 10.2 Å². The molecule has 0 spiro atoms. The van der Waals surface area contributed by atoms with Gasteiger partial charge in [-0.1, -0.05) is 0 Å². The number of nitrogens with two attached hydrogens (primary N) is 1. The quantitative estimate of drug-likeness (QED) is 0.678. The zero-order chi connectivity index (χ0) is 12.7. The van der Waals surface area contributed by atoms with Crippen LogP contribution in [0.1, 0.15) is 19.8 Å². The largest absolute Gasteiger partial charge is 0.383 e. The molecule has 0 saturated carbocycles. The lowest BCUT2D eigenvalue weighted by atomic mass is 9.96. The molecule has 0 radical (unpaired) electrons. The van der Waals surface area contributed by atoms with Gasteiger partial charge in [-0.05, 0) is 26.3 Å². The van der Waals surface area contributed by atoms with Gasteiger partial charge in [-0.25, -0.2) is 0 Å². The molecule has 17 heavy (non-hydrogen) atoms. The number of rotatable bonds is 6. The van der Waals surface area contributed by atoms with Crippen LogP contribution in [0, 0.1) is 5.92 Å². The van der Waals surface area contributed by atoms with Gasteiger partial charge in [0.25, 0.3) is 0 Å². The second kappa shape index (κ2) is 7.63. The molecule has 0 bridgehead atoms. The van der Waals surface area contributed by atoms with Crippen molar-refractivity contribution in [3.8, 4) is 0 Å². The van der Waals surface area contributed by atoms with Gasteiger partial charge in [0.1, 0.15) is 0 Å². The van der Waals surface area contributed by atoms with Crippen LogP contribution >= 0.6 is 0 Å². The van der Waals surface area contributed by atoms with Crippen molar-refractivity contribution in [2.75, 3.05) is 39.9 Å². The highest BCUT2D eigenvalue weighted by Gasteiger charge is 2.27. The zero-order valence-corrected chi connectivity index (χ0v) is 10.9. The molecule has 3 N–H and O–H groups in total. The number of ether oxygens (including phenoxy) is 1. The van der Waals surface area contributed by atoms with Gasteiger partial charge in [-0.15, -0.1) is 0 Å². The number of nitrogens with zero attached hydrogens (tertiary/aromatic N) is 1. The maximum Gasteiger partial charge on any atom is 0.224 e. The number of hydrogen-bond donors (Lipinski definition) is 2. The number of amides is 1. The second-order valence-electron chi connectivity index (χ2n) is 4.72. The first kappa shape index (κ1) is 14.4. The summed E-state index contributed by atoms with van der Waals surface area (Å²) in [6.07, 6.45) is 2.06. The standard InChI is InChI=1S/C12H25N3O2/c1-10(9-17-2)15-7-3-4-11(8-15)12(16)14-6-5-13/h10-11H,3-9,13H2,1-2H3,(H,14,16). The molecule has 5 nitrogen and oxygen atoms in total. The van der Waals surface area contributed by atoms with Crippen molar-refractivity contribution in [2.24, 2.45) is 11.7 Å². The van der Waals surface area contributed by atoms with Gasteiger partial charge in [-0.3, -0.25) is 9.69 Å². The molecule has 1 amide bonds. The average Bonchev–Trinajstić information content (AvgIpc) is 2.36. The smallest absolute Gasteiger partial charge is 0.224 e. The first-order valence-electron chi connectivity index (χ1n) is 6.39. The molecule has 0 aromatic heterocycles. The van der Waals surface area contributed by atoms with E-state index in [4.69, 9.17) is 10.5 Å². The number of carbonyl (C=O) groups excluding carboxylic acids is 1. The fourth-order valence-corrected chi connectivity index (χ4v) is 2.31. The van der Waals surface area contributed by atoms with Crippen LogP contribution in [0.3, 0.4) is 0 Å². The number of hydrogen-bond acceptors (Lipinski definition) is 4. The predicted molar refractivity (Wildman–Crippen MR) is 67.7 cm³/mol. The topological polar surface area (TPSA) is 67.6 Å². The van der Waals surface area contributed by atoms with Gasteiger partial charge >= 0.3 is 0 Å². The first-order valence-corrected chi connectivity index (χ1v) is 6.39. The number of methoxy groups -OCH3 is 1. The van der Waals surface area contributed by atoms with Gasteiger partial charge < -0.3 is 15.8 Å². The summed E-state index contributed by atoms with van der Waals surface area (Å²) in [4.78, 5) is 14.2. The van der Waals surface area contributed by atoms with E-state index in [2.05, 4.69) is 17.1 Å². The van der Waals surface area contributed by atoms with Crippen LogP contribution in [0.5, 0.6) is 0 Å². The Labute approximate surface area is 104 Å². The van der Waals surface area contributed by atoms with Gasteiger partial charge in [0.2, 0.25) is 5.91 Å². The summed E-state index contributed by atoms with van der Waals surface area (Å²) < 4.78 is 5.16. The molecule has 1 rings (SSSR count). The van der Waals surface area contributed by atoms with E-state index < -0.39 is 0 Å². The highest BCUT2D eigenvalue weighted by atomic mass is 16.5. The van der Waals surface area contributed by atoms with Crippen molar-refractivity contribution in [1.29, 1.82) is 0 Å². The molecular formula is C12H25N3O2. The minimum Gasteiger partial charge on any atom is -0.383 e. The van der Waals surface area contributed by atoms with E-state index >= 15 is 0 Å².